The number of benzene rings is 1. The minimum absolute atomic E-state index is 0.477. The van der Waals surface area contributed by atoms with Gasteiger partial charge in [0.2, 0.25) is 0 Å². The second-order valence-corrected chi connectivity index (χ2v) is 4.03. The number of methoxy groups -OCH3 is 1. The van der Waals surface area contributed by atoms with Crippen molar-refractivity contribution in [2.24, 2.45) is 0 Å². The van der Waals surface area contributed by atoms with Crippen LogP contribution in [0.2, 0.25) is 0 Å². The Kier molecular flexibility index (Phi) is 6.01. The van der Waals surface area contributed by atoms with Gasteiger partial charge < -0.3 is 14.8 Å². The van der Waals surface area contributed by atoms with E-state index in [1.807, 2.05) is 25.2 Å². The third-order valence-electron chi connectivity index (χ3n) is 2.41. The standard InChI is InChI=1S/C15H21NO2/c1-5-8-18-14-7-6-13(10-15(14)17-4)9-12(2)11-16-3/h5-7,9-10,16H,1,8,11H2,2-4H3. The minimum atomic E-state index is 0.477. The van der Waals surface area contributed by atoms with Crippen LogP contribution in [0.4, 0.5) is 0 Å². The van der Waals surface area contributed by atoms with Crippen LogP contribution in [0.5, 0.6) is 11.5 Å². The Labute approximate surface area is 109 Å². The maximum absolute atomic E-state index is 5.51. The van der Waals surface area contributed by atoms with E-state index in [4.69, 9.17) is 9.47 Å². The fourth-order valence-corrected chi connectivity index (χ4v) is 1.66. The van der Waals surface area contributed by atoms with Crippen molar-refractivity contribution in [1.29, 1.82) is 0 Å². The van der Waals surface area contributed by atoms with Gasteiger partial charge in [-0.2, -0.15) is 0 Å². The normalized spacial score (nSPS) is 11.2. The van der Waals surface area contributed by atoms with Gasteiger partial charge in [-0.3, -0.25) is 0 Å². The first kappa shape index (κ1) is 14.3. The van der Waals surface area contributed by atoms with Crippen LogP contribution in [0.1, 0.15) is 12.5 Å². The molecule has 0 amide bonds. The second kappa shape index (κ2) is 7.56. The summed E-state index contributed by atoms with van der Waals surface area (Å²) in [5.41, 5.74) is 2.37. The molecule has 0 aromatic heterocycles. The van der Waals surface area contributed by atoms with Crippen molar-refractivity contribution in [3.8, 4) is 11.5 Å². The largest absolute Gasteiger partial charge is 0.493 e. The molecule has 1 aromatic carbocycles. The van der Waals surface area contributed by atoms with Crippen LogP contribution < -0.4 is 14.8 Å². The molecule has 0 heterocycles. The molecule has 0 bridgehead atoms. The van der Waals surface area contributed by atoms with Crippen LogP contribution in [-0.4, -0.2) is 27.3 Å². The van der Waals surface area contributed by atoms with Gasteiger partial charge in [-0.25, -0.2) is 0 Å². The first-order valence-electron chi connectivity index (χ1n) is 5.94. The van der Waals surface area contributed by atoms with E-state index in [1.165, 1.54) is 5.57 Å². The molecule has 3 heteroatoms. The molecule has 98 valence electrons. The van der Waals surface area contributed by atoms with Crippen molar-refractivity contribution in [3.05, 3.63) is 42.0 Å². The molecule has 0 aliphatic carbocycles. The summed E-state index contributed by atoms with van der Waals surface area (Å²) in [6.07, 6.45) is 3.83. The van der Waals surface area contributed by atoms with E-state index < -0.39 is 0 Å². The summed E-state index contributed by atoms with van der Waals surface area (Å²) in [4.78, 5) is 0. The second-order valence-electron chi connectivity index (χ2n) is 4.03. The highest BCUT2D eigenvalue weighted by atomic mass is 16.5. The van der Waals surface area contributed by atoms with E-state index in [-0.39, 0.29) is 0 Å². The zero-order valence-electron chi connectivity index (χ0n) is 11.3. The van der Waals surface area contributed by atoms with Gasteiger partial charge in [0, 0.05) is 6.54 Å². The van der Waals surface area contributed by atoms with Gasteiger partial charge in [0.05, 0.1) is 7.11 Å². The number of ether oxygens (including phenoxy) is 2. The molecular formula is C15H21NO2. The van der Waals surface area contributed by atoms with Crippen molar-refractivity contribution in [3.63, 3.8) is 0 Å². The van der Waals surface area contributed by atoms with E-state index in [1.54, 1.807) is 13.2 Å². The van der Waals surface area contributed by atoms with Gasteiger partial charge in [-0.05, 0) is 31.7 Å². The summed E-state index contributed by atoms with van der Waals surface area (Å²) >= 11 is 0. The fraction of sp³-hybridized carbons (Fsp3) is 0.333. The summed E-state index contributed by atoms with van der Waals surface area (Å²) in [5, 5.41) is 3.12. The maximum atomic E-state index is 5.51. The summed E-state index contributed by atoms with van der Waals surface area (Å²) in [7, 11) is 3.58. The van der Waals surface area contributed by atoms with Gasteiger partial charge in [-0.15, -0.1) is 0 Å². The summed E-state index contributed by atoms with van der Waals surface area (Å²) in [5.74, 6) is 1.48. The Morgan fingerprint density at radius 2 is 2.17 bits per heavy atom. The van der Waals surface area contributed by atoms with E-state index in [0.29, 0.717) is 6.61 Å². The lowest BCUT2D eigenvalue weighted by Gasteiger charge is -2.10. The highest BCUT2D eigenvalue weighted by Gasteiger charge is 2.04. The van der Waals surface area contributed by atoms with Crippen molar-refractivity contribution in [2.75, 3.05) is 27.3 Å². The van der Waals surface area contributed by atoms with Crippen LogP contribution in [-0.2, 0) is 0 Å². The molecular weight excluding hydrogens is 226 g/mol. The first-order chi connectivity index (χ1) is 8.71. The number of nitrogens with one attached hydrogen (secondary N) is 1. The molecule has 3 nitrogen and oxygen atoms in total. The number of likely N-dealkylation sites (N-methyl/N-ethyl adjacent to an activating group) is 1. The zero-order chi connectivity index (χ0) is 13.4. The Bertz CT molecular complexity index is 425. The molecule has 0 radical (unpaired) electrons. The molecule has 0 atom stereocenters. The fourth-order valence-electron chi connectivity index (χ4n) is 1.66. The van der Waals surface area contributed by atoms with Gasteiger partial charge in [0.25, 0.3) is 0 Å². The van der Waals surface area contributed by atoms with Gasteiger partial charge in [-0.1, -0.05) is 30.4 Å². The Morgan fingerprint density at radius 1 is 1.39 bits per heavy atom. The average Bonchev–Trinajstić information content (AvgIpc) is 2.37. The lowest BCUT2D eigenvalue weighted by atomic mass is 10.1. The van der Waals surface area contributed by atoms with E-state index >= 15 is 0 Å². The van der Waals surface area contributed by atoms with E-state index in [9.17, 15) is 0 Å². The topological polar surface area (TPSA) is 30.5 Å². The Morgan fingerprint density at radius 3 is 2.78 bits per heavy atom. The van der Waals surface area contributed by atoms with Crippen LogP contribution in [0.15, 0.2) is 36.4 Å². The van der Waals surface area contributed by atoms with Crippen LogP contribution >= 0.6 is 0 Å². The van der Waals surface area contributed by atoms with Gasteiger partial charge in [0.15, 0.2) is 11.5 Å². The van der Waals surface area contributed by atoms with Crippen molar-refractivity contribution in [2.45, 2.75) is 6.92 Å². The molecule has 0 spiro atoms. The number of rotatable bonds is 7. The molecule has 0 aliphatic rings. The summed E-state index contributed by atoms with van der Waals surface area (Å²) in [6.45, 7) is 7.06. The third kappa shape index (κ3) is 4.26. The van der Waals surface area contributed by atoms with Crippen LogP contribution in [0.3, 0.4) is 0 Å². The molecule has 0 saturated carbocycles. The van der Waals surface area contributed by atoms with Crippen molar-refractivity contribution >= 4 is 6.08 Å². The van der Waals surface area contributed by atoms with Crippen LogP contribution in [0.25, 0.3) is 6.08 Å². The summed E-state index contributed by atoms with van der Waals surface area (Å²) in [6, 6.07) is 5.90. The van der Waals surface area contributed by atoms with E-state index in [0.717, 1.165) is 23.6 Å². The SMILES string of the molecule is C=CCOc1ccc(C=C(C)CNC)cc1OC. The maximum Gasteiger partial charge on any atom is 0.161 e. The highest BCUT2D eigenvalue weighted by molar-refractivity contribution is 5.58. The number of hydrogen-bond acceptors (Lipinski definition) is 3. The van der Waals surface area contributed by atoms with E-state index in [2.05, 4.69) is 24.9 Å². The Balaban J connectivity index is 2.90. The highest BCUT2D eigenvalue weighted by Crippen LogP contribution is 2.28. The average molecular weight is 247 g/mol. The molecule has 0 unspecified atom stereocenters. The molecule has 0 saturated heterocycles. The van der Waals surface area contributed by atoms with Crippen LogP contribution in [0, 0.1) is 0 Å². The molecule has 18 heavy (non-hydrogen) atoms. The van der Waals surface area contributed by atoms with Gasteiger partial charge >= 0.3 is 0 Å². The first-order valence-corrected chi connectivity index (χ1v) is 5.94. The lowest BCUT2D eigenvalue weighted by molar-refractivity contribution is 0.326. The minimum Gasteiger partial charge on any atom is -0.493 e. The van der Waals surface area contributed by atoms with Crippen molar-refractivity contribution in [1.82, 2.24) is 5.32 Å². The molecule has 0 aliphatic heterocycles. The van der Waals surface area contributed by atoms with Gasteiger partial charge in [0.1, 0.15) is 6.61 Å². The predicted octanol–water partition coefficient (Wildman–Crippen LogP) is 2.88. The molecule has 0 fully saturated rings. The zero-order valence-corrected chi connectivity index (χ0v) is 11.3. The summed E-state index contributed by atoms with van der Waals surface area (Å²) < 4.78 is 10.8. The predicted molar refractivity (Wildman–Crippen MR) is 76.3 cm³/mol. The lowest BCUT2D eigenvalue weighted by Crippen LogP contribution is -2.08. The molecule has 1 N–H and O–H groups in total. The molecule has 1 aromatic rings. The number of hydrogen-bond donors (Lipinski definition) is 1. The third-order valence-corrected chi connectivity index (χ3v) is 2.41. The monoisotopic (exact) mass is 247 g/mol. The Hall–Kier alpha value is -1.74. The van der Waals surface area contributed by atoms with Crippen molar-refractivity contribution < 1.29 is 9.47 Å². The quantitative estimate of drug-likeness (QED) is 0.752. The molecule has 1 rings (SSSR count). The smallest absolute Gasteiger partial charge is 0.161 e.